The minimum atomic E-state index is -6.00. The van der Waals surface area contributed by atoms with Crippen LogP contribution in [0.15, 0.2) is 67.5 Å². The van der Waals surface area contributed by atoms with Crippen molar-refractivity contribution < 1.29 is 65.5 Å². The Labute approximate surface area is 294 Å². The molecular formula is C33H50B3F12N3. The number of rotatable bonds is 17. The number of aromatic nitrogens is 3. The van der Waals surface area contributed by atoms with Crippen molar-refractivity contribution in [1.82, 2.24) is 0 Å². The lowest BCUT2D eigenvalue weighted by Crippen LogP contribution is -2.34. The van der Waals surface area contributed by atoms with Crippen LogP contribution >= 0.6 is 0 Å². The first kappa shape index (κ1) is 47.8. The van der Waals surface area contributed by atoms with Gasteiger partial charge >= 0.3 is 21.8 Å². The van der Waals surface area contributed by atoms with Gasteiger partial charge in [0.1, 0.15) is 19.6 Å². The Morgan fingerprint density at radius 1 is 0.373 bits per heavy atom. The first-order valence-corrected chi connectivity index (χ1v) is 17.4. The Morgan fingerprint density at radius 2 is 0.647 bits per heavy atom. The summed E-state index contributed by atoms with van der Waals surface area (Å²) in [7, 11) is -18.0. The lowest BCUT2D eigenvalue weighted by molar-refractivity contribution is -0.697. The number of aryl methyl sites for hydroxylation is 3. The van der Waals surface area contributed by atoms with E-state index in [1.807, 2.05) is 0 Å². The molecule has 0 aliphatic heterocycles. The molecule has 0 aliphatic carbocycles. The summed E-state index contributed by atoms with van der Waals surface area (Å²) >= 11 is 0. The van der Waals surface area contributed by atoms with E-state index in [2.05, 4.69) is 102 Å². The smallest absolute Gasteiger partial charge is 0.418 e. The molecular weight excluding hydrogens is 699 g/mol. The van der Waals surface area contributed by atoms with E-state index in [0.29, 0.717) is 0 Å². The highest BCUT2D eigenvalue weighted by Crippen LogP contribution is 2.30. The number of hydrogen-bond donors (Lipinski definition) is 0. The van der Waals surface area contributed by atoms with Gasteiger partial charge in [0, 0.05) is 60.7 Å². The normalized spacial score (nSPS) is 11.4. The molecule has 18 heteroatoms. The van der Waals surface area contributed by atoms with Crippen molar-refractivity contribution in [2.24, 2.45) is 0 Å². The quantitative estimate of drug-likeness (QED) is 0.0564. The van der Waals surface area contributed by atoms with E-state index >= 15 is 0 Å². The summed E-state index contributed by atoms with van der Waals surface area (Å²) in [6, 6.07) is 11.5. The SMILES string of the molecule is CCCCCC[n+]1ccc(-c2cc[n+](CCCCCC)cc2-c2cc[n+](CCCCCC)cc2)cc1.F[B-](F)(F)F.F[B-](F)(F)F.F[B-](F)(F)F. The second-order valence-corrected chi connectivity index (χ2v) is 11.8. The van der Waals surface area contributed by atoms with Gasteiger partial charge in [0.2, 0.25) is 0 Å². The average molecular weight is 749 g/mol. The molecule has 0 aliphatic rings. The van der Waals surface area contributed by atoms with E-state index < -0.39 is 21.8 Å². The van der Waals surface area contributed by atoms with Crippen molar-refractivity contribution in [3.8, 4) is 22.3 Å². The first-order chi connectivity index (χ1) is 23.7. The minimum absolute atomic E-state index is 1.09. The molecule has 3 aromatic heterocycles. The fourth-order valence-corrected chi connectivity index (χ4v) is 4.89. The van der Waals surface area contributed by atoms with Crippen LogP contribution in [0.1, 0.15) is 97.8 Å². The number of hydrogen-bond acceptors (Lipinski definition) is 0. The van der Waals surface area contributed by atoms with Crippen LogP contribution in [0.4, 0.5) is 51.8 Å². The zero-order chi connectivity index (χ0) is 38.9. The Bertz CT molecular complexity index is 1260. The summed E-state index contributed by atoms with van der Waals surface area (Å²) < 4.78 is 124. The molecule has 3 aromatic rings. The maximum absolute atomic E-state index is 9.75. The van der Waals surface area contributed by atoms with Gasteiger partial charge in [-0.1, -0.05) is 59.3 Å². The Morgan fingerprint density at radius 3 is 0.961 bits per heavy atom. The summed E-state index contributed by atoms with van der Waals surface area (Å²) in [5.74, 6) is 0. The van der Waals surface area contributed by atoms with Crippen molar-refractivity contribution in [3.05, 3.63) is 67.5 Å². The van der Waals surface area contributed by atoms with Gasteiger partial charge in [0.25, 0.3) is 0 Å². The molecule has 0 N–H and O–H groups in total. The van der Waals surface area contributed by atoms with Gasteiger partial charge in [-0.3, -0.25) is 0 Å². The van der Waals surface area contributed by atoms with E-state index in [0.717, 1.165) is 19.6 Å². The van der Waals surface area contributed by atoms with Crippen LogP contribution in [0, 0.1) is 0 Å². The van der Waals surface area contributed by atoms with E-state index in [9.17, 15) is 51.8 Å². The molecule has 0 fully saturated rings. The van der Waals surface area contributed by atoms with Crippen molar-refractivity contribution in [3.63, 3.8) is 0 Å². The molecule has 0 amide bonds. The standard InChI is InChI=1S/C33H50N3.3BF4/c1-4-7-10-13-21-34-24-16-30(17-25-34)32-20-28-36(23-15-12-9-6-3)29-33(32)31-18-26-35(27-19-31)22-14-11-8-5-2;3*2-1(3,4)5/h16-20,24-29H,4-15,21-23H2,1-3H3;;;/q+3;3*-1. The van der Waals surface area contributed by atoms with Crippen LogP contribution in [0.5, 0.6) is 0 Å². The number of unbranched alkanes of at least 4 members (excludes halogenated alkanes) is 9. The zero-order valence-corrected chi connectivity index (χ0v) is 29.6. The third kappa shape index (κ3) is 30.2. The van der Waals surface area contributed by atoms with Crippen molar-refractivity contribution >= 4 is 21.8 Å². The lowest BCUT2D eigenvalue weighted by atomic mass is 9.97. The maximum atomic E-state index is 9.75. The van der Waals surface area contributed by atoms with Gasteiger partial charge in [-0.25, -0.2) is 13.7 Å². The van der Waals surface area contributed by atoms with Gasteiger partial charge in [0.05, 0.1) is 5.56 Å². The van der Waals surface area contributed by atoms with Gasteiger partial charge in [0.15, 0.2) is 37.2 Å². The molecule has 3 rings (SSSR count). The molecule has 0 bridgehead atoms. The molecule has 3 nitrogen and oxygen atoms in total. The van der Waals surface area contributed by atoms with Crippen LogP contribution < -0.4 is 13.7 Å². The van der Waals surface area contributed by atoms with E-state index in [1.54, 1.807) is 0 Å². The Hall–Kier alpha value is -3.20. The van der Waals surface area contributed by atoms with Gasteiger partial charge < -0.3 is 51.8 Å². The predicted octanol–water partition coefficient (Wildman–Crippen LogP) is 11.5. The molecule has 3 heterocycles. The zero-order valence-electron chi connectivity index (χ0n) is 29.6. The van der Waals surface area contributed by atoms with Crippen LogP contribution in [-0.2, 0) is 19.6 Å². The fraction of sp³-hybridized carbons (Fsp3) is 0.545. The van der Waals surface area contributed by atoms with Crippen LogP contribution in [0.2, 0.25) is 0 Å². The van der Waals surface area contributed by atoms with Gasteiger partial charge in [-0.2, -0.15) is 0 Å². The second kappa shape index (κ2) is 25.7. The summed E-state index contributed by atoms with van der Waals surface area (Å²) in [4.78, 5) is 0. The van der Waals surface area contributed by atoms with Gasteiger partial charge in [-0.15, -0.1) is 0 Å². The third-order valence-electron chi connectivity index (χ3n) is 7.23. The van der Waals surface area contributed by atoms with Crippen molar-refractivity contribution in [2.75, 3.05) is 0 Å². The highest BCUT2D eigenvalue weighted by atomic mass is 19.5. The topological polar surface area (TPSA) is 11.6 Å². The van der Waals surface area contributed by atoms with Crippen molar-refractivity contribution in [1.29, 1.82) is 0 Å². The average Bonchev–Trinajstić information content (AvgIpc) is 3.02. The largest absolute Gasteiger partial charge is 0.673 e. The van der Waals surface area contributed by atoms with Crippen molar-refractivity contribution in [2.45, 2.75) is 117 Å². The summed E-state index contributed by atoms with van der Waals surface area (Å²) in [6.45, 7) is 10.1. The van der Waals surface area contributed by atoms with E-state index in [4.69, 9.17) is 0 Å². The second-order valence-electron chi connectivity index (χ2n) is 11.8. The predicted molar refractivity (Wildman–Crippen MR) is 181 cm³/mol. The monoisotopic (exact) mass is 749 g/mol. The summed E-state index contributed by atoms with van der Waals surface area (Å²) in [6.07, 6.45) is 29.2. The number of nitrogens with zero attached hydrogens (tertiary/aromatic N) is 3. The third-order valence-corrected chi connectivity index (χ3v) is 7.23. The molecule has 290 valence electrons. The molecule has 0 unspecified atom stereocenters. The fourth-order valence-electron chi connectivity index (χ4n) is 4.89. The molecule has 0 saturated heterocycles. The van der Waals surface area contributed by atoms with E-state index in [1.165, 1.54) is 99.3 Å². The Kier molecular flexibility index (Phi) is 24.1. The lowest BCUT2D eigenvalue weighted by Gasteiger charge is -2.09. The first-order valence-electron chi connectivity index (χ1n) is 17.4. The Balaban J connectivity index is 0.00000140. The van der Waals surface area contributed by atoms with Crippen LogP contribution in [0.25, 0.3) is 22.3 Å². The molecule has 0 atom stereocenters. The molecule has 51 heavy (non-hydrogen) atoms. The maximum Gasteiger partial charge on any atom is 0.673 e. The molecule has 0 spiro atoms. The summed E-state index contributed by atoms with van der Waals surface area (Å²) in [5, 5.41) is 0. The van der Waals surface area contributed by atoms with Crippen LogP contribution in [0.3, 0.4) is 0 Å². The molecule has 0 saturated carbocycles. The highest BCUT2D eigenvalue weighted by Gasteiger charge is 2.21. The molecule has 0 radical (unpaired) electrons. The highest BCUT2D eigenvalue weighted by molar-refractivity contribution is 6.50. The van der Waals surface area contributed by atoms with Crippen LogP contribution in [-0.4, -0.2) is 21.8 Å². The van der Waals surface area contributed by atoms with E-state index in [-0.39, 0.29) is 0 Å². The number of pyridine rings is 3. The molecule has 0 aromatic carbocycles. The summed E-state index contributed by atoms with van der Waals surface area (Å²) in [5.41, 5.74) is 5.24. The minimum Gasteiger partial charge on any atom is -0.418 e. The number of halogens is 12. The van der Waals surface area contributed by atoms with Gasteiger partial charge in [-0.05, 0) is 24.8 Å².